The van der Waals surface area contributed by atoms with Crippen molar-refractivity contribution in [3.8, 4) is 0 Å². The molecule has 2 fully saturated rings. The molecule has 1 N–H and O–H groups in total. The number of benzene rings is 1. The second-order valence-corrected chi connectivity index (χ2v) is 6.84. The van der Waals surface area contributed by atoms with Gasteiger partial charge in [-0.1, -0.05) is 43.2 Å². The quantitative estimate of drug-likeness (QED) is 0.869. The van der Waals surface area contributed by atoms with Gasteiger partial charge in [0.1, 0.15) is 0 Å². The van der Waals surface area contributed by atoms with Crippen molar-refractivity contribution in [1.82, 2.24) is 0 Å². The van der Waals surface area contributed by atoms with Gasteiger partial charge >= 0.3 is 0 Å². The van der Waals surface area contributed by atoms with Crippen LogP contribution in [0.15, 0.2) is 30.3 Å². The lowest BCUT2D eigenvalue weighted by Gasteiger charge is -2.41. The Morgan fingerprint density at radius 2 is 1.95 bits per heavy atom. The van der Waals surface area contributed by atoms with E-state index in [1.54, 1.807) is 0 Å². The molecule has 0 amide bonds. The van der Waals surface area contributed by atoms with Crippen LogP contribution in [0.1, 0.15) is 69.3 Å². The Hall–Kier alpha value is -0.860. The Bertz CT molecular complexity index is 424. The van der Waals surface area contributed by atoms with E-state index in [9.17, 15) is 5.11 Å². The SMILES string of the molecule is OC1(CCCC2CCCO2)CCCCC1c1ccccc1. The van der Waals surface area contributed by atoms with Crippen LogP contribution in [-0.2, 0) is 4.74 Å². The summed E-state index contributed by atoms with van der Waals surface area (Å²) in [6, 6.07) is 10.6. The monoisotopic (exact) mass is 288 g/mol. The van der Waals surface area contributed by atoms with E-state index in [-0.39, 0.29) is 0 Å². The molecule has 116 valence electrons. The lowest BCUT2D eigenvalue weighted by molar-refractivity contribution is -0.0289. The summed E-state index contributed by atoms with van der Waals surface area (Å²) in [5.74, 6) is 0.317. The second kappa shape index (κ2) is 6.93. The van der Waals surface area contributed by atoms with Crippen molar-refractivity contribution >= 4 is 0 Å². The van der Waals surface area contributed by atoms with Gasteiger partial charge in [-0.15, -0.1) is 0 Å². The van der Waals surface area contributed by atoms with Gasteiger partial charge in [-0.3, -0.25) is 0 Å². The van der Waals surface area contributed by atoms with E-state index in [0.717, 1.165) is 38.7 Å². The van der Waals surface area contributed by atoms with Crippen LogP contribution in [0.5, 0.6) is 0 Å². The summed E-state index contributed by atoms with van der Waals surface area (Å²) in [6.45, 7) is 0.932. The first kappa shape index (κ1) is 15.1. The normalized spacial score (nSPS) is 33.2. The highest BCUT2D eigenvalue weighted by Gasteiger charge is 2.39. The third-order valence-corrected chi connectivity index (χ3v) is 5.36. The first-order chi connectivity index (χ1) is 10.3. The molecule has 0 spiro atoms. The van der Waals surface area contributed by atoms with Crippen LogP contribution >= 0.6 is 0 Å². The molecule has 0 radical (unpaired) electrons. The molecule has 1 saturated carbocycles. The minimum Gasteiger partial charge on any atom is -0.389 e. The van der Waals surface area contributed by atoms with Crippen LogP contribution in [-0.4, -0.2) is 23.4 Å². The number of rotatable bonds is 5. The van der Waals surface area contributed by atoms with Crippen molar-refractivity contribution in [2.24, 2.45) is 0 Å². The molecule has 1 heterocycles. The average Bonchev–Trinajstić information content (AvgIpc) is 3.02. The maximum atomic E-state index is 11.2. The highest BCUT2D eigenvalue weighted by atomic mass is 16.5. The van der Waals surface area contributed by atoms with Gasteiger partial charge in [0.25, 0.3) is 0 Å². The van der Waals surface area contributed by atoms with Gasteiger partial charge in [-0.05, 0) is 50.5 Å². The largest absolute Gasteiger partial charge is 0.389 e. The standard InChI is InChI=1S/C19H28O2/c20-19(14-6-10-17-11-7-15-21-17)13-5-4-12-18(19)16-8-2-1-3-9-16/h1-3,8-9,17-18,20H,4-7,10-15H2. The Morgan fingerprint density at radius 1 is 1.10 bits per heavy atom. The van der Waals surface area contributed by atoms with E-state index in [0.29, 0.717) is 12.0 Å². The van der Waals surface area contributed by atoms with Gasteiger partial charge in [0.05, 0.1) is 11.7 Å². The molecule has 1 saturated heterocycles. The minimum atomic E-state index is -0.502. The topological polar surface area (TPSA) is 29.5 Å². The summed E-state index contributed by atoms with van der Waals surface area (Å²) in [7, 11) is 0. The number of hydrogen-bond acceptors (Lipinski definition) is 2. The van der Waals surface area contributed by atoms with Crippen LogP contribution in [0.3, 0.4) is 0 Å². The summed E-state index contributed by atoms with van der Waals surface area (Å²) in [6.07, 6.45) is 10.5. The molecule has 3 rings (SSSR count). The maximum absolute atomic E-state index is 11.2. The van der Waals surface area contributed by atoms with Gasteiger partial charge < -0.3 is 9.84 Å². The van der Waals surface area contributed by atoms with Crippen molar-refractivity contribution in [1.29, 1.82) is 0 Å². The first-order valence-electron chi connectivity index (χ1n) is 8.67. The van der Waals surface area contributed by atoms with Crippen molar-refractivity contribution in [3.63, 3.8) is 0 Å². The Kier molecular flexibility index (Phi) is 4.97. The molecular formula is C19H28O2. The summed E-state index contributed by atoms with van der Waals surface area (Å²) in [5.41, 5.74) is 0.815. The van der Waals surface area contributed by atoms with Gasteiger partial charge in [-0.2, -0.15) is 0 Å². The maximum Gasteiger partial charge on any atom is 0.0716 e. The number of aliphatic hydroxyl groups is 1. The zero-order valence-electron chi connectivity index (χ0n) is 13.0. The molecule has 1 aliphatic heterocycles. The third-order valence-electron chi connectivity index (χ3n) is 5.36. The van der Waals surface area contributed by atoms with Crippen molar-refractivity contribution in [3.05, 3.63) is 35.9 Å². The van der Waals surface area contributed by atoms with Crippen molar-refractivity contribution < 1.29 is 9.84 Å². The lowest BCUT2D eigenvalue weighted by atomic mass is 9.70. The van der Waals surface area contributed by atoms with Gasteiger partial charge in [-0.25, -0.2) is 0 Å². The van der Waals surface area contributed by atoms with Crippen LogP contribution in [0, 0.1) is 0 Å². The molecule has 3 atom stereocenters. The highest BCUT2D eigenvalue weighted by Crippen LogP contribution is 2.43. The molecule has 3 unspecified atom stereocenters. The minimum absolute atomic E-state index is 0.317. The molecule has 2 aliphatic rings. The molecule has 0 aromatic heterocycles. The first-order valence-corrected chi connectivity index (χ1v) is 8.67. The molecule has 2 heteroatoms. The van der Waals surface area contributed by atoms with Crippen LogP contribution < -0.4 is 0 Å². The van der Waals surface area contributed by atoms with Gasteiger partial charge in [0.2, 0.25) is 0 Å². The molecule has 21 heavy (non-hydrogen) atoms. The van der Waals surface area contributed by atoms with E-state index >= 15 is 0 Å². The Balaban J connectivity index is 1.61. The van der Waals surface area contributed by atoms with E-state index < -0.39 is 5.60 Å². The van der Waals surface area contributed by atoms with Crippen molar-refractivity contribution in [2.45, 2.75) is 75.4 Å². The molecule has 0 bridgehead atoms. The predicted molar refractivity (Wildman–Crippen MR) is 85.4 cm³/mol. The van der Waals surface area contributed by atoms with Crippen molar-refractivity contribution in [2.75, 3.05) is 6.61 Å². The molecule has 2 nitrogen and oxygen atoms in total. The Morgan fingerprint density at radius 3 is 2.71 bits per heavy atom. The summed E-state index contributed by atoms with van der Waals surface area (Å²) >= 11 is 0. The lowest BCUT2D eigenvalue weighted by Crippen LogP contribution is -2.39. The zero-order chi connectivity index (χ0) is 14.5. The number of ether oxygens (including phenoxy) is 1. The summed E-state index contributed by atoms with van der Waals surface area (Å²) in [5, 5.41) is 11.2. The van der Waals surface area contributed by atoms with Gasteiger partial charge in [0.15, 0.2) is 0 Å². The molecule has 1 aromatic carbocycles. The summed E-state index contributed by atoms with van der Waals surface area (Å²) < 4.78 is 5.71. The van der Waals surface area contributed by atoms with Crippen LogP contribution in [0.4, 0.5) is 0 Å². The average molecular weight is 288 g/mol. The van der Waals surface area contributed by atoms with E-state index in [4.69, 9.17) is 4.74 Å². The molecule has 1 aromatic rings. The number of hydrogen-bond donors (Lipinski definition) is 1. The van der Waals surface area contributed by atoms with Crippen LogP contribution in [0.2, 0.25) is 0 Å². The van der Waals surface area contributed by atoms with E-state index in [1.165, 1.54) is 31.2 Å². The molecule has 1 aliphatic carbocycles. The fraction of sp³-hybridized carbons (Fsp3) is 0.684. The highest BCUT2D eigenvalue weighted by molar-refractivity contribution is 5.23. The van der Waals surface area contributed by atoms with Crippen LogP contribution in [0.25, 0.3) is 0 Å². The third kappa shape index (κ3) is 3.67. The van der Waals surface area contributed by atoms with Gasteiger partial charge in [0, 0.05) is 12.5 Å². The zero-order valence-corrected chi connectivity index (χ0v) is 13.0. The Labute approximate surface area is 128 Å². The van der Waals surface area contributed by atoms with E-state index in [2.05, 4.69) is 30.3 Å². The van der Waals surface area contributed by atoms with E-state index in [1.807, 2.05) is 0 Å². The molecular weight excluding hydrogens is 260 g/mol. The fourth-order valence-electron chi connectivity index (χ4n) is 4.19. The smallest absolute Gasteiger partial charge is 0.0716 e. The fourth-order valence-corrected chi connectivity index (χ4v) is 4.19. The summed E-state index contributed by atoms with van der Waals surface area (Å²) in [4.78, 5) is 0. The predicted octanol–water partition coefficient (Wildman–Crippen LogP) is 4.42. The second-order valence-electron chi connectivity index (χ2n) is 6.84.